The molecule has 0 atom stereocenters. The summed E-state index contributed by atoms with van der Waals surface area (Å²) in [6.07, 6.45) is 1.19. The van der Waals surface area contributed by atoms with Gasteiger partial charge in [0, 0.05) is 29.4 Å². The summed E-state index contributed by atoms with van der Waals surface area (Å²) in [5.41, 5.74) is 2.62. The molecule has 0 N–H and O–H groups in total. The molecule has 2 aromatic rings. The number of benzene rings is 1. The van der Waals surface area contributed by atoms with Crippen molar-refractivity contribution in [2.75, 3.05) is 11.9 Å². The third-order valence-electron chi connectivity index (χ3n) is 3.61. The van der Waals surface area contributed by atoms with E-state index >= 15 is 0 Å². The first-order valence-electron chi connectivity index (χ1n) is 6.76. The standard InChI is InChI=1S/C15H14BrFN2O2/c16-7-5-14(20)19-8-6-12-13(9-19)18-21-15(12)10-1-3-11(17)4-2-10/h1-4H,5-9H2. The molecule has 110 valence electrons. The molecule has 1 aliphatic heterocycles. The van der Waals surface area contributed by atoms with Crippen molar-refractivity contribution in [3.63, 3.8) is 0 Å². The summed E-state index contributed by atoms with van der Waals surface area (Å²) in [5.74, 6) is 0.514. The lowest BCUT2D eigenvalue weighted by molar-refractivity contribution is -0.131. The second-order valence-corrected chi connectivity index (χ2v) is 5.74. The highest BCUT2D eigenvalue weighted by Gasteiger charge is 2.26. The van der Waals surface area contributed by atoms with Crippen molar-refractivity contribution in [3.8, 4) is 11.3 Å². The van der Waals surface area contributed by atoms with E-state index in [-0.39, 0.29) is 11.7 Å². The molecule has 0 aliphatic carbocycles. The van der Waals surface area contributed by atoms with E-state index in [9.17, 15) is 9.18 Å². The van der Waals surface area contributed by atoms with E-state index < -0.39 is 0 Å². The highest BCUT2D eigenvalue weighted by atomic mass is 79.9. The highest BCUT2D eigenvalue weighted by Crippen LogP contribution is 2.30. The Kier molecular flexibility index (Phi) is 4.05. The number of fused-ring (bicyclic) bond motifs is 1. The second kappa shape index (κ2) is 5.97. The van der Waals surface area contributed by atoms with Crippen molar-refractivity contribution >= 4 is 21.8 Å². The fraction of sp³-hybridized carbons (Fsp3) is 0.333. The van der Waals surface area contributed by atoms with Crippen LogP contribution in [-0.4, -0.2) is 27.8 Å². The van der Waals surface area contributed by atoms with Crippen LogP contribution in [0, 0.1) is 5.82 Å². The zero-order valence-corrected chi connectivity index (χ0v) is 12.9. The summed E-state index contributed by atoms with van der Waals surface area (Å²) in [4.78, 5) is 13.7. The van der Waals surface area contributed by atoms with E-state index in [1.807, 2.05) is 0 Å². The van der Waals surface area contributed by atoms with Crippen LogP contribution in [-0.2, 0) is 17.8 Å². The molecule has 21 heavy (non-hydrogen) atoms. The van der Waals surface area contributed by atoms with E-state index in [1.165, 1.54) is 12.1 Å². The lowest BCUT2D eigenvalue weighted by Gasteiger charge is -2.25. The summed E-state index contributed by atoms with van der Waals surface area (Å²) >= 11 is 3.28. The second-order valence-electron chi connectivity index (χ2n) is 4.95. The van der Waals surface area contributed by atoms with Crippen LogP contribution in [0.3, 0.4) is 0 Å². The minimum atomic E-state index is -0.279. The van der Waals surface area contributed by atoms with Crippen molar-refractivity contribution in [2.24, 2.45) is 0 Å². The summed E-state index contributed by atoms with van der Waals surface area (Å²) in [6.45, 7) is 1.14. The van der Waals surface area contributed by atoms with E-state index in [2.05, 4.69) is 21.1 Å². The molecule has 1 amide bonds. The maximum atomic E-state index is 13.0. The molecule has 2 heterocycles. The van der Waals surface area contributed by atoms with Gasteiger partial charge in [-0.1, -0.05) is 21.1 Å². The number of nitrogens with zero attached hydrogens (tertiary/aromatic N) is 2. The van der Waals surface area contributed by atoms with Crippen LogP contribution in [0.15, 0.2) is 28.8 Å². The van der Waals surface area contributed by atoms with Gasteiger partial charge in [0.2, 0.25) is 5.91 Å². The lowest BCUT2D eigenvalue weighted by Crippen LogP contribution is -2.36. The highest BCUT2D eigenvalue weighted by molar-refractivity contribution is 9.09. The Balaban J connectivity index is 1.84. The fourth-order valence-corrected chi connectivity index (χ4v) is 2.85. The number of hydrogen-bond donors (Lipinski definition) is 0. The first kappa shape index (κ1) is 14.3. The quantitative estimate of drug-likeness (QED) is 0.797. The molecule has 0 saturated heterocycles. The minimum absolute atomic E-state index is 0.115. The van der Waals surface area contributed by atoms with E-state index in [0.717, 1.165) is 16.8 Å². The van der Waals surface area contributed by atoms with Gasteiger partial charge in [-0.3, -0.25) is 4.79 Å². The predicted octanol–water partition coefficient (Wildman–Crippen LogP) is 3.15. The number of halogens is 2. The van der Waals surface area contributed by atoms with E-state index in [1.54, 1.807) is 17.0 Å². The first-order valence-corrected chi connectivity index (χ1v) is 7.88. The first-order chi connectivity index (χ1) is 10.2. The van der Waals surface area contributed by atoms with Gasteiger partial charge in [0.1, 0.15) is 11.5 Å². The fourth-order valence-electron chi connectivity index (χ4n) is 2.51. The average molecular weight is 353 g/mol. The molecule has 4 nitrogen and oxygen atoms in total. The number of amides is 1. The van der Waals surface area contributed by atoms with Gasteiger partial charge in [-0.05, 0) is 30.7 Å². The van der Waals surface area contributed by atoms with Crippen LogP contribution in [0.25, 0.3) is 11.3 Å². The van der Waals surface area contributed by atoms with E-state index in [0.29, 0.717) is 37.0 Å². The third-order valence-corrected chi connectivity index (χ3v) is 4.01. The van der Waals surface area contributed by atoms with Gasteiger partial charge in [-0.25, -0.2) is 4.39 Å². The Morgan fingerprint density at radius 3 is 2.86 bits per heavy atom. The molecule has 0 bridgehead atoms. The Bertz CT molecular complexity index is 654. The van der Waals surface area contributed by atoms with Gasteiger partial charge in [0.05, 0.1) is 6.54 Å². The van der Waals surface area contributed by atoms with Gasteiger partial charge in [0.25, 0.3) is 0 Å². The predicted molar refractivity (Wildman–Crippen MR) is 79.4 cm³/mol. The Morgan fingerprint density at radius 1 is 1.38 bits per heavy atom. The zero-order valence-electron chi connectivity index (χ0n) is 11.3. The number of alkyl halides is 1. The van der Waals surface area contributed by atoms with Crippen LogP contribution in [0.4, 0.5) is 4.39 Å². The maximum absolute atomic E-state index is 13.0. The van der Waals surface area contributed by atoms with Crippen LogP contribution < -0.4 is 0 Å². The van der Waals surface area contributed by atoms with Crippen molar-refractivity contribution in [3.05, 3.63) is 41.3 Å². The van der Waals surface area contributed by atoms with Crippen LogP contribution >= 0.6 is 15.9 Å². The molecule has 1 aliphatic rings. The molecule has 1 aromatic heterocycles. The molecule has 0 radical (unpaired) electrons. The van der Waals surface area contributed by atoms with E-state index in [4.69, 9.17) is 4.52 Å². The molecular weight excluding hydrogens is 339 g/mol. The molecule has 0 spiro atoms. The van der Waals surface area contributed by atoms with Crippen LogP contribution in [0.2, 0.25) is 0 Å². The zero-order chi connectivity index (χ0) is 14.8. The van der Waals surface area contributed by atoms with Crippen molar-refractivity contribution < 1.29 is 13.7 Å². The smallest absolute Gasteiger partial charge is 0.223 e. The normalized spacial score (nSPS) is 14.1. The van der Waals surface area contributed by atoms with Crippen molar-refractivity contribution in [2.45, 2.75) is 19.4 Å². The van der Waals surface area contributed by atoms with Gasteiger partial charge in [0.15, 0.2) is 5.76 Å². The van der Waals surface area contributed by atoms with Gasteiger partial charge in [-0.15, -0.1) is 0 Å². The van der Waals surface area contributed by atoms with Gasteiger partial charge in [-0.2, -0.15) is 0 Å². The summed E-state index contributed by atoms with van der Waals surface area (Å²) in [5, 5.41) is 4.74. The minimum Gasteiger partial charge on any atom is -0.356 e. The lowest BCUT2D eigenvalue weighted by atomic mass is 10.0. The number of aromatic nitrogens is 1. The molecule has 0 saturated carbocycles. The molecule has 0 unspecified atom stereocenters. The topological polar surface area (TPSA) is 46.3 Å². The maximum Gasteiger partial charge on any atom is 0.223 e. The van der Waals surface area contributed by atoms with Crippen LogP contribution in [0.5, 0.6) is 0 Å². The number of carbonyl (C=O) groups is 1. The molecule has 1 aromatic carbocycles. The van der Waals surface area contributed by atoms with Gasteiger partial charge >= 0.3 is 0 Å². The number of carbonyl (C=O) groups excluding carboxylic acids is 1. The monoisotopic (exact) mass is 352 g/mol. The number of rotatable bonds is 3. The van der Waals surface area contributed by atoms with Gasteiger partial charge < -0.3 is 9.42 Å². The number of hydrogen-bond acceptors (Lipinski definition) is 3. The summed E-state index contributed by atoms with van der Waals surface area (Å²) in [6, 6.07) is 6.16. The Hall–Kier alpha value is -1.69. The Labute approximate surface area is 130 Å². The molecule has 0 fully saturated rings. The van der Waals surface area contributed by atoms with Crippen LogP contribution in [0.1, 0.15) is 17.7 Å². The summed E-state index contributed by atoms with van der Waals surface area (Å²) in [7, 11) is 0. The molecule has 3 rings (SSSR count). The SMILES string of the molecule is O=C(CCBr)N1CCc2c(noc2-c2ccc(F)cc2)C1. The van der Waals surface area contributed by atoms with Crippen molar-refractivity contribution in [1.82, 2.24) is 10.1 Å². The van der Waals surface area contributed by atoms with Crippen molar-refractivity contribution in [1.29, 1.82) is 0 Å². The molecule has 6 heteroatoms. The third kappa shape index (κ3) is 2.85. The largest absolute Gasteiger partial charge is 0.356 e. The Morgan fingerprint density at radius 2 is 2.14 bits per heavy atom. The average Bonchev–Trinajstić information content (AvgIpc) is 2.91. The molecular formula is C15H14BrFN2O2. The summed E-state index contributed by atoms with van der Waals surface area (Å²) < 4.78 is 18.4.